The van der Waals surface area contributed by atoms with Crippen LogP contribution in [0.15, 0.2) is 47.5 Å². The van der Waals surface area contributed by atoms with Crippen LogP contribution in [0.1, 0.15) is 18.1 Å². The molecule has 27 heavy (non-hydrogen) atoms. The summed E-state index contributed by atoms with van der Waals surface area (Å²) in [7, 11) is 1.74. The Morgan fingerprint density at radius 1 is 1.07 bits per heavy atom. The van der Waals surface area contributed by atoms with Gasteiger partial charge in [0.05, 0.1) is 0 Å². The van der Waals surface area contributed by atoms with Crippen LogP contribution in [-0.4, -0.2) is 32.3 Å². The van der Waals surface area contributed by atoms with Gasteiger partial charge in [-0.2, -0.15) is 0 Å². The van der Waals surface area contributed by atoms with E-state index in [2.05, 4.69) is 20.9 Å². The van der Waals surface area contributed by atoms with Gasteiger partial charge in [-0.05, 0) is 41.8 Å². The number of carbonyl (C=O) groups is 1. The number of nitrogens with zero attached hydrogens (tertiary/aromatic N) is 1. The van der Waals surface area contributed by atoms with Crippen molar-refractivity contribution in [2.45, 2.75) is 19.9 Å². The highest BCUT2D eigenvalue weighted by atomic mass is 16.7. The minimum absolute atomic E-state index is 0.0823. The normalized spacial score (nSPS) is 12.6. The third-order valence-corrected chi connectivity index (χ3v) is 4.07. The first-order chi connectivity index (χ1) is 13.1. The van der Waals surface area contributed by atoms with Crippen molar-refractivity contribution in [1.29, 1.82) is 0 Å². The van der Waals surface area contributed by atoms with Crippen molar-refractivity contribution in [2.24, 2.45) is 4.99 Å². The Hall–Kier alpha value is -3.22. The summed E-state index contributed by atoms with van der Waals surface area (Å²) >= 11 is 0. The minimum atomic E-state index is -0.0823. The quantitative estimate of drug-likeness (QED) is 0.538. The van der Waals surface area contributed by atoms with Gasteiger partial charge in [0.1, 0.15) is 0 Å². The van der Waals surface area contributed by atoms with Crippen LogP contribution in [0.3, 0.4) is 0 Å². The topological polar surface area (TPSA) is 84.0 Å². The molecule has 0 saturated carbocycles. The third-order valence-electron chi connectivity index (χ3n) is 4.07. The van der Waals surface area contributed by atoms with Crippen molar-refractivity contribution in [3.63, 3.8) is 0 Å². The molecule has 0 spiro atoms. The molecule has 1 aliphatic heterocycles. The highest BCUT2D eigenvalue weighted by molar-refractivity contribution is 5.88. The molecule has 7 nitrogen and oxygen atoms in total. The third kappa shape index (κ3) is 5.37. The number of anilines is 1. The van der Waals surface area contributed by atoms with E-state index in [1.165, 1.54) is 12.5 Å². The zero-order valence-corrected chi connectivity index (χ0v) is 15.5. The van der Waals surface area contributed by atoms with E-state index in [-0.39, 0.29) is 12.7 Å². The number of hydrogen-bond acceptors (Lipinski definition) is 4. The number of benzene rings is 2. The Kier molecular flexibility index (Phi) is 6.14. The van der Waals surface area contributed by atoms with Gasteiger partial charge in [0.15, 0.2) is 17.5 Å². The summed E-state index contributed by atoms with van der Waals surface area (Å²) in [6.45, 7) is 3.13. The standard InChI is InChI=1S/C20H24N4O3/c1-14(25)24-17-5-3-4-16(10-17)12-23-20(21-2)22-9-8-15-6-7-18-19(11-15)27-13-26-18/h3-7,10-11H,8-9,12-13H2,1-2H3,(H,24,25)(H2,21,22,23). The Labute approximate surface area is 158 Å². The second-order valence-corrected chi connectivity index (χ2v) is 6.17. The number of amides is 1. The number of hydrogen-bond donors (Lipinski definition) is 3. The minimum Gasteiger partial charge on any atom is -0.454 e. The van der Waals surface area contributed by atoms with Crippen LogP contribution >= 0.6 is 0 Å². The number of ether oxygens (including phenoxy) is 2. The fourth-order valence-electron chi connectivity index (χ4n) is 2.79. The molecule has 0 bridgehead atoms. The molecule has 142 valence electrons. The monoisotopic (exact) mass is 368 g/mol. The molecule has 0 radical (unpaired) electrons. The van der Waals surface area contributed by atoms with Crippen molar-refractivity contribution < 1.29 is 14.3 Å². The molecule has 1 amide bonds. The van der Waals surface area contributed by atoms with Gasteiger partial charge in [-0.3, -0.25) is 9.79 Å². The Morgan fingerprint density at radius 3 is 2.74 bits per heavy atom. The predicted molar refractivity (Wildman–Crippen MR) is 105 cm³/mol. The molecule has 0 atom stereocenters. The first-order valence-electron chi connectivity index (χ1n) is 8.83. The summed E-state index contributed by atoms with van der Waals surface area (Å²) in [5.41, 5.74) is 3.01. The largest absolute Gasteiger partial charge is 0.454 e. The van der Waals surface area contributed by atoms with Crippen molar-refractivity contribution in [2.75, 3.05) is 25.7 Å². The number of guanidine groups is 1. The van der Waals surface area contributed by atoms with E-state index < -0.39 is 0 Å². The molecule has 3 rings (SSSR count). The van der Waals surface area contributed by atoms with Crippen molar-refractivity contribution in [3.8, 4) is 11.5 Å². The van der Waals surface area contributed by atoms with E-state index in [4.69, 9.17) is 9.47 Å². The number of fused-ring (bicyclic) bond motifs is 1. The summed E-state index contributed by atoms with van der Waals surface area (Å²) < 4.78 is 10.7. The first-order valence-corrected chi connectivity index (χ1v) is 8.83. The van der Waals surface area contributed by atoms with E-state index >= 15 is 0 Å². The van der Waals surface area contributed by atoms with E-state index in [9.17, 15) is 4.79 Å². The molecule has 3 N–H and O–H groups in total. The number of rotatable bonds is 6. The Bertz CT molecular complexity index is 836. The molecule has 0 aromatic heterocycles. The molecule has 0 unspecified atom stereocenters. The van der Waals surface area contributed by atoms with Gasteiger partial charge >= 0.3 is 0 Å². The SMILES string of the molecule is CN=C(NCCc1ccc2c(c1)OCO2)NCc1cccc(NC(C)=O)c1. The predicted octanol–water partition coefficient (Wildman–Crippen LogP) is 2.28. The zero-order chi connectivity index (χ0) is 19.1. The van der Waals surface area contributed by atoms with E-state index in [0.717, 1.165) is 41.7 Å². The number of nitrogens with one attached hydrogen (secondary N) is 3. The van der Waals surface area contributed by atoms with Gasteiger partial charge < -0.3 is 25.4 Å². The van der Waals surface area contributed by atoms with E-state index in [1.807, 2.05) is 42.5 Å². The van der Waals surface area contributed by atoms with Gasteiger partial charge in [0, 0.05) is 32.7 Å². The lowest BCUT2D eigenvalue weighted by Crippen LogP contribution is -2.37. The molecular weight excluding hydrogens is 344 g/mol. The average Bonchev–Trinajstić information content (AvgIpc) is 3.12. The second-order valence-electron chi connectivity index (χ2n) is 6.17. The molecule has 2 aromatic carbocycles. The second kappa shape index (κ2) is 8.93. The molecule has 7 heteroatoms. The maximum absolute atomic E-state index is 11.2. The van der Waals surface area contributed by atoms with Gasteiger partial charge in [-0.1, -0.05) is 18.2 Å². The molecular formula is C20H24N4O3. The lowest BCUT2D eigenvalue weighted by atomic mass is 10.1. The van der Waals surface area contributed by atoms with E-state index in [1.54, 1.807) is 7.05 Å². The summed E-state index contributed by atoms with van der Waals surface area (Å²) in [4.78, 5) is 15.4. The highest BCUT2D eigenvalue weighted by Gasteiger charge is 2.12. The maximum Gasteiger partial charge on any atom is 0.231 e. The van der Waals surface area contributed by atoms with Gasteiger partial charge in [0.2, 0.25) is 12.7 Å². The van der Waals surface area contributed by atoms with Crippen LogP contribution in [-0.2, 0) is 17.8 Å². The van der Waals surface area contributed by atoms with Crippen molar-refractivity contribution in [3.05, 3.63) is 53.6 Å². The molecule has 0 fully saturated rings. The van der Waals surface area contributed by atoms with E-state index in [0.29, 0.717) is 6.54 Å². The van der Waals surface area contributed by atoms with Crippen LogP contribution in [0, 0.1) is 0 Å². The summed E-state index contributed by atoms with van der Waals surface area (Å²) in [5, 5.41) is 9.36. The molecule has 0 saturated heterocycles. The smallest absolute Gasteiger partial charge is 0.231 e. The molecule has 2 aromatic rings. The molecule has 1 aliphatic rings. The van der Waals surface area contributed by atoms with Gasteiger partial charge in [0.25, 0.3) is 0 Å². The lowest BCUT2D eigenvalue weighted by Gasteiger charge is -2.13. The summed E-state index contributed by atoms with van der Waals surface area (Å²) in [6, 6.07) is 13.7. The molecule has 1 heterocycles. The number of carbonyl (C=O) groups excluding carboxylic acids is 1. The maximum atomic E-state index is 11.2. The van der Waals surface area contributed by atoms with Crippen LogP contribution in [0.4, 0.5) is 5.69 Å². The Morgan fingerprint density at radius 2 is 1.93 bits per heavy atom. The zero-order valence-electron chi connectivity index (χ0n) is 15.5. The van der Waals surface area contributed by atoms with Gasteiger partial charge in [-0.15, -0.1) is 0 Å². The van der Waals surface area contributed by atoms with Crippen molar-refractivity contribution in [1.82, 2.24) is 10.6 Å². The highest BCUT2D eigenvalue weighted by Crippen LogP contribution is 2.32. The van der Waals surface area contributed by atoms with Crippen LogP contribution in [0.5, 0.6) is 11.5 Å². The lowest BCUT2D eigenvalue weighted by molar-refractivity contribution is -0.114. The van der Waals surface area contributed by atoms with Crippen molar-refractivity contribution >= 4 is 17.6 Å². The van der Waals surface area contributed by atoms with Crippen LogP contribution in [0.2, 0.25) is 0 Å². The Balaban J connectivity index is 1.46. The fraction of sp³-hybridized carbons (Fsp3) is 0.300. The first kappa shape index (κ1) is 18.6. The van der Waals surface area contributed by atoms with Gasteiger partial charge in [-0.25, -0.2) is 0 Å². The summed E-state index contributed by atoms with van der Waals surface area (Å²) in [6.07, 6.45) is 0.843. The average molecular weight is 368 g/mol. The fourth-order valence-corrected chi connectivity index (χ4v) is 2.79. The number of aliphatic imine (C=N–C) groups is 1. The summed E-state index contributed by atoms with van der Waals surface area (Å²) in [5.74, 6) is 2.24. The van der Waals surface area contributed by atoms with Crippen LogP contribution in [0.25, 0.3) is 0 Å². The van der Waals surface area contributed by atoms with Crippen LogP contribution < -0.4 is 25.4 Å². The molecule has 0 aliphatic carbocycles.